The molecule has 0 spiro atoms. The number of hydrogen-bond acceptors (Lipinski definition) is 4. The highest BCUT2D eigenvalue weighted by Gasteiger charge is 2.19. The molecule has 0 fully saturated rings. The molecule has 3 rings (SSSR count). The molecule has 1 aliphatic rings. The molecule has 1 unspecified atom stereocenters. The van der Waals surface area contributed by atoms with E-state index in [4.69, 9.17) is 26.8 Å². The van der Waals surface area contributed by atoms with E-state index in [0.29, 0.717) is 28.7 Å². The SMILES string of the molecule is C=C(N=C(OC)C1=CC=C(c2ccccc2Cl)C(COC)C=C1)c1ccc(C(N)=O)c(F)c1. The van der Waals surface area contributed by atoms with Gasteiger partial charge in [0.25, 0.3) is 5.91 Å². The highest BCUT2D eigenvalue weighted by atomic mass is 35.5. The van der Waals surface area contributed by atoms with Crippen LogP contribution in [0.25, 0.3) is 11.3 Å². The van der Waals surface area contributed by atoms with Crippen molar-refractivity contribution in [3.05, 3.63) is 106 Å². The number of benzene rings is 2. The third-order valence-corrected chi connectivity index (χ3v) is 5.46. The van der Waals surface area contributed by atoms with Crippen molar-refractivity contribution in [2.75, 3.05) is 20.8 Å². The first kappa shape index (κ1) is 24.2. The Bertz CT molecular complexity index is 1200. The molecule has 0 bridgehead atoms. The Morgan fingerprint density at radius 1 is 1.21 bits per heavy atom. The van der Waals surface area contributed by atoms with Crippen LogP contribution < -0.4 is 5.73 Å². The first-order valence-corrected chi connectivity index (χ1v) is 10.5. The summed E-state index contributed by atoms with van der Waals surface area (Å²) in [7, 11) is 3.14. The number of amides is 1. The number of aliphatic imine (C=N–C) groups is 1. The van der Waals surface area contributed by atoms with Crippen molar-refractivity contribution < 1.29 is 18.7 Å². The zero-order valence-electron chi connectivity index (χ0n) is 18.3. The number of halogens is 2. The molecule has 2 aromatic carbocycles. The zero-order valence-corrected chi connectivity index (χ0v) is 19.1. The van der Waals surface area contributed by atoms with Gasteiger partial charge in [0, 0.05) is 29.2 Å². The van der Waals surface area contributed by atoms with E-state index in [2.05, 4.69) is 11.6 Å². The number of ether oxygens (including phenoxy) is 2. The van der Waals surface area contributed by atoms with Gasteiger partial charge in [0.1, 0.15) is 5.82 Å². The van der Waals surface area contributed by atoms with Crippen molar-refractivity contribution in [3.8, 4) is 0 Å². The second-order valence-electron chi connectivity index (χ2n) is 7.27. The fourth-order valence-corrected chi connectivity index (χ4v) is 3.69. The summed E-state index contributed by atoms with van der Waals surface area (Å²) >= 11 is 6.44. The molecule has 0 heterocycles. The lowest BCUT2D eigenvalue weighted by molar-refractivity contribution is 0.0996. The number of primary amides is 1. The molecular weight excluding hydrogens is 443 g/mol. The summed E-state index contributed by atoms with van der Waals surface area (Å²) in [5, 5.41) is 0.644. The first-order chi connectivity index (χ1) is 15.8. The lowest BCUT2D eigenvalue weighted by atomic mass is 9.93. The quantitative estimate of drug-likeness (QED) is 0.436. The molecule has 1 amide bonds. The molecule has 5 nitrogen and oxygen atoms in total. The van der Waals surface area contributed by atoms with Crippen LogP contribution >= 0.6 is 11.6 Å². The molecule has 2 aromatic rings. The molecule has 1 atom stereocenters. The van der Waals surface area contributed by atoms with Gasteiger partial charge in [0.2, 0.25) is 5.90 Å². The smallest absolute Gasteiger partial charge is 0.251 e. The van der Waals surface area contributed by atoms with Crippen LogP contribution in [0.1, 0.15) is 21.5 Å². The van der Waals surface area contributed by atoms with Gasteiger partial charge in [-0.05, 0) is 35.4 Å². The summed E-state index contributed by atoms with van der Waals surface area (Å²) in [6.45, 7) is 4.38. The zero-order chi connectivity index (χ0) is 24.0. The van der Waals surface area contributed by atoms with Gasteiger partial charge in [0.15, 0.2) is 0 Å². The van der Waals surface area contributed by atoms with Gasteiger partial charge in [-0.3, -0.25) is 4.79 Å². The van der Waals surface area contributed by atoms with Crippen molar-refractivity contribution in [1.82, 2.24) is 0 Å². The van der Waals surface area contributed by atoms with Gasteiger partial charge < -0.3 is 15.2 Å². The topological polar surface area (TPSA) is 73.9 Å². The summed E-state index contributed by atoms with van der Waals surface area (Å²) in [6.07, 6.45) is 7.71. The Labute approximate surface area is 197 Å². The van der Waals surface area contributed by atoms with Crippen LogP contribution in [0.5, 0.6) is 0 Å². The van der Waals surface area contributed by atoms with Crippen LogP contribution in [0.2, 0.25) is 5.02 Å². The number of carbonyl (C=O) groups is 1. The average Bonchev–Trinajstić information content (AvgIpc) is 3.00. The van der Waals surface area contributed by atoms with Gasteiger partial charge in [0.05, 0.1) is 25.0 Å². The van der Waals surface area contributed by atoms with Gasteiger partial charge in [-0.1, -0.05) is 60.7 Å². The molecular formula is C26H24ClFN2O3. The molecule has 0 saturated carbocycles. The maximum atomic E-state index is 14.2. The average molecular weight is 467 g/mol. The van der Waals surface area contributed by atoms with E-state index in [1.165, 1.54) is 25.3 Å². The van der Waals surface area contributed by atoms with Crippen molar-refractivity contribution in [2.45, 2.75) is 0 Å². The predicted molar refractivity (Wildman–Crippen MR) is 130 cm³/mol. The number of carbonyl (C=O) groups excluding carboxylic acids is 1. The number of methoxy groups -OCH3 is 2. The number of hydrogen-bond donors (Lipinski definition) is 1. The van der Waals surface area contributed by atoms with Gasteiger partial charge in [-0.2, -0.15) is 0 Å². The Morgan fingerprint density at radius 3 is 2.61 bits per heavy atom. The summed E-state index contributed by atoms with van der Waals surface area (Å²) in [6, 6.07) is 11.6. The van der Waals surface area contributed by atoms with Crippen LogP contribution in [0.3, 0.4) is 0 Å². The van der Waals surface area contributed by atoms with E-state index >= 15 is 0 Å². The van der Waals surface area contributed by atoms with E-state index in [-0.39, 0.29) is 17.2 Å². The monoisotopic (exact) mass is 466 g/mol. The Kier molecular flexibility index (Phi) is 7.98. The minimum absolute atomic E-state index is 0.0413. The molecule has 2 N–H and O–H groups in total. The van der Waals surface area contributed by atoms with Crippen LogP contribution in [0.4, 0.5) is 4.39 Å². The highest BCUT2D eigenvalue weighted by molar-refractivity contribution is 6.32. The third-order valence-electron chi connectivity index (χ3n) is 5.13. The van der Waals surface area contributed by atoms with Crippen molar-refractivity contribution in [1.29, 1.82) is 0 Å². The van der Waals surface area contributed by atoms with Crippen LogP contribution in [-0.2, 0) is 9.47 Å². The number of rotatable bonds is 7. The summed E-state index contributed by atoms with van der Waals surface area (Å²) < 4.78 is 25.1. The number of allylic oxidation sites excluding steroid dienone is 2. The first-order valence-electron chi connectivity index (χ1n) is 10.1. The lowest BCUT2D eigenvalue weighted by Crippen LogP contribution is -2.13. The van der Waals surface area contributed by atoms with E-state index in [1.54, 1.807) is 7.11 Å². The summed E-state index contributed by atoms with van der Waals surface area (Å²) in [5.41, 5.74) is 8.23. The molecule has 0 saturated heterocycles. The molecule has 0 radical (unpaired) electrons. The highest BCUT2D eigenvalue weighted by Crippen LogP contribution is 2.33. The van der Waals surface area contributed by atoms with Crippen LogP contribution in [-0.4, -0.2) is 32.6 Å². The molecule has 1 aliphatic carbocycles. The third kappa shape index (κ3) is 5.66. The summed E-state index contributed by atoms with van der Waals surface area (Å²) in [4.78, 5) is 15.7. The van der Waals surface area contributed by atoms with Crippen LogP contribution in [0, 0.1) is 11.7 Å². The van der Waals surface area contributed by atoms with E-state index in [9.17, 15) is 9.18 Å². The lowest BCUT2D eigenvalue weighted by Gasteiger charge is -2.17. The van der Waals surface area contributed by atoms with Gasteiger partial charge in [-0.25, -0.2) is 9.38 Å². The fraction of sp³-hybridized carbons (Fsp3) is 0.154. The minimum Gasteiger partial charge on any atom is -0.481 e. The maximum Gasteiger partial charge on any atom is 0.251 e. The molecule has 33 heavy (non-hydrogen) atoms. The normalized spacial score (nSPS) is 16.0. The van der Waals surface area contributed by atoms with Crippen molar-refractivity contribution in [2.24, 2.45) is 16.6 Å². The largest absolute Gasteiger partial charge is 0.481 e. The maximum absolute atomic E-state index is 14.2. The fourth-order valence-electron chi connectivity index (χ4n) is 3.44. The van der Waals surface area contributed by atoms with E-state index < -0.39 is 11.7 Å². The Hall–Kier alpha value is -3.48. The van der Waals surface area contributed by atoms with Crippen LogP contribution in [0.15, 0.2) is 83.9 Å². The number of nitrogens with zero attached hydrogens (tertiary/aromatic N) is 1. The standard InChI is InChI=1S/C26H24ClFN2O3/c1-16(18-11-13-22(25(29)31)24(28)14-18)30-26(33-3)17-8-9-19(15-32-2)20(12-10-17)21-6-4-5-7-23(21)27/h4-14,19H,1,15H2,2-3H3,(H2,29,31). The Morgan fingerprint density at radius 2 is 1.97 bits per heavy atom. The summed E-state index contributed by atoms with van der Waals surface area (Å²) in [5.74, 6) is -1.33. The van der Waals surface area contributed by atoms with E-state index in [0.717, 1.165) is 11.1 Å². The second-order valence-corrected chi connectivity index (χ2v) is 7.68. The van der Waals surface area contributed by atoms with Gasteiger partial charge in [-0.15, -0.1) is 0 Å². The molecule has 0 aromatic heterocycles. The van der Waals surface area contributed by atoms with E-state index in [1.807, 2.05) is 48.6 Å². The second kappa shape index (κ2) is 10.9. The molecule has 0 aliphatic heterocycles. The van der Waals surface area contributed by atoms with Gasteiger partial charge >= 0.3 is 0 Å². The molecule has 170 valence electrons. The minimum atomic E-state index is -0.841. The van der Waals surface area contributed by atoms with Crippen molar-refractivity contribution >= 4 is 34.7 Å². The predicted octanol–water partition coefficient (Wildman–Crippen LogP) is 5.44. The number of nitrogens with two attached hydrogens (primary N) is 1. The van der Waals surface area contributed by atoms with Crippen molar-refractivity contribution in [3.63, 3.8) is 0 Å². The molecule has 7 heteroatoms. The Balaban J connectivity index is 1.97.